The van der Waals surface area contributed by atoms with Crippen LogP contribution in [0.1, 0.15) is 15.9 Å². The Morgan fingerprint density at radius 2 is 1.95 bits per heavy atom. The number of carboxylic acids is 1. The van der Waals surface area contributed by atoms with Gasteiger partial charge in [0, 0.05) is 12.2 Å². The minimum absolute atomic E-state index is 0.267. The van der Waals surface area contributed by atoms with Gasteiger partial charge in [-0.1, -0.05) is 17.7 Å². The van der Waals surface area contributed by atoms with Crippen LogP contribution in [-0.4, -0.2) is 18.2 Å². The summed E-state index contributed by atoms with van der Waals surface area (Å²) in [5.74, 6) is -0.292. The maximum Gasteiger partial charge on any atom is 0.335 e. The second kappa shape index (κ2) is 6.30. The van der Waals surface area contributed by atoms with Crippen molar-refractivity contribution in [3.8, 4) is 5.75 Å². The Morgan fingerprint density at radius 1 is 1.25 bits per heavy atom. The molecule has 4 nitrogen and oxygen atoms in total. The molecule has 2 rings (SSSR count). The van der Waals surface area contributed by atoms with Gasteiger partial charge in [0.25, 0.3) is 0 Å². The van der Waals surface area contributed by atoms with Gasteiger partial charge in [-0.15, -0.1) is 0 Å². The van der Waals surface area contributed by atoms with Gasteiger partial charge in [0.1, 0.15) is 5.75 Å². The Hall–Kier alpha value is -2.20. The minimum atomic E-state index is -0.932. The van der Waals surface area contributed by atoms with Gasteiger partial charge < -0.3 is 15.2 Å². The summed E-state index contributed by atoms with van der Waals surface area (Å²) in [4.78, 5) is 10.7. The van der Waals surface area contributed by atoms with Crippen molar-refractivity contribution < 1.29 is 14.6 Å². The van der Waals surface area contributed by atoms with E-state index in [0.29, 0.717) is 17.3 Å². The van der Waals surface area contributed by atoms with E-state index < -0.39 is 5.97 Å². The molecule has 2 aromatic carbocycles. The number of nitrogens with one attached hydrogen (secondary N) is 1. The number of ether oxygens (including phenoxy) is 1. The molecule has 0 aliphatic rings. The molecule has 0 amide bonds. The van der Waals surface area contributed by atoms with Gasteiger partial charge >= 0.3 is 5.97 Å². The van der Waals surface area contributed by atoms with Crippen LogP contribution in [-0.2, 0) is 6.54 Å². The van der Waals surface area contributed by atoms with Crippen LogP contribution in [0.2, 0.25) is 5.02 Å². The smallest absolute Gasteiger partial charge is 0.335 e. The number of halogens is 1. The van der Waals surface area contributed by atoms with Crippen molar-refractivity contribution in [3.05, 3.63) is 58.6 Å². The quantitative estimate of drug-likeness (QED) is 0.882. The molecule has 0 radical (unpaired) electrons. The molecule has 0 aliphatic heterocycles. The second-order valence-electron chi connectivity index (χ2n) is 4.20. The molecule has 0 saturated carbocycles. The highest BCUT2D eigenvalue weighted by Crippen LogP contribution is 2.25. The molecule has 0 atom stereocenters. The van der Waals surface area contributed by atoms with E-state index in [9.17, 15) is 4.79 Å². The lowest BCUT2D eigenvalue weighted by molar-refractivity contribution is 0.0697. The molecule has 0 bridgehead atoms. The summed E-state index contributed by atoms with van der Waals surface area (Å²) in [7, 11) is 1.57. The molecular formula is C15H14ClNO3. The fraction of sp³-hybridized carbons (Fsp3) is 0.133. The highest BCUT2D eigenvalue weighted by atomic mass is 35.5. The van der Waals surface area contributed by atoms with Gasteiger partial charge in [0.05, 0.1) is 17.7 Å². The maximum absolute atomic E-state index is 10.7. The van der Waals surface area contributed by atoms with Crippen LogP contribution in [0.3, 0.4) is 0 Å². The van der Waals surface area contributed by atoms with Crippen molar-refractivity contribution in [2.45, 2.75) is 6.54 Å². The van der Waals surface area contributed by atoms with Crippen LogP contribution < -0.4 is 10.1 Å². The Morgan fingerprint density at radius 3 is 2.50 bits per heavy atom. The normalized spacial score (nSPS) is 10.1. The Labute approximate surface area is 122 Å². The predicted octanol–water partition coefficient (Wildman–Crippen LogP) is 3.66. The first-order valence-electron chi connectivity index (χ1n) is 6.00. The fourth-order valence-corrected chi connectivity index (χ4v) is 2.03. The zero-order valence-electron chi connectivity index (χ0n) is 10.9. The molecule has 0 aliphatic carbocycles. The summed E-state index contributed by atoms with van der Waals surface area (Å²) in [6, 6.07) is 12.1. The van der Waals surface area contributed by atoms with Crippen molar-refractivity contribution in [2.24, 2.45) is 0 Å². The van der Waals surface area contributed by atoms with Crippen LogP contribution in [0, 0.1) is 0 Å². The predicted molar refractivity (Wildman–Crippen MR) is 78.7 cm³/mol. The Balaban J connectivity index is 2.01. The summed E-state index contributed by atoms with van der Waals surface area (Å²) in [5.41, 5.74) is 2.13. The largest absolute Gasteiger partial charge is 0.495 e. The monoisotopic (exact) mass is 291 g/mol. The number of benzene rings is 2. The van der Waals surface area contributed by atoms with E-state index >= 15 is 0 Å². The highest BCUT2D eigenvalue weighted by molar-refractivity contribution is 6.32. The first-order chi connectivity index (χ1) is 9.60. The van der Waals surface area contributed by atoms with Crippen LogP contribution in [0.15, 0.2) is 42.5 Å². The lowest BCUT2D eigenvalue weighted by Gasteiger charge is -2.09. The van der Waals surface area contributed by atoms with E-state index in [1.54, 1.807) is 31.4 Å². The molecule has 5 heteroatoms. The average molecular weight is 292 g/mol. The summed E-state index contributed by atoms with van der Waals surface area (Å²) >= 11 is 6.05. The number of aromatic carboxylic acids is 1. The molecule has 2 N–H and O–H groups in total. The third-order valence-corrected chi connectivity index (χ3v) is 3.14. The first kappa shape index (κ1) is 14.2. The first-order valence-corrected chi connectivity index (χ1v) is 6.37. The van der Waals surface area contributed by atoms with E-state index in [2.05, 4.69) is 5.32 Å². The van der Waals surface area contributed by atoms with Crippen molar-refractivity contribution in [3.63, 3.8) is 0 Å². The van der Waals surface area contributed by atoms with E-state index in [1.165, 1.54) is 0 Å². The molecule has 2 aromatic rings. The van der Waals surface area contributed by atoms with Crippen LogP contribution >= 0.6 is 11.6 Å². The van der Waals surface area contributed by atoms with Crippen LogP contribution in [0.25, 0.3) is 0 Å². The molecular weight excluding hydrogens is 278 g/mol. The van der Waals surface area contributed by atoms with Crippen molar-refractivity contribution in [1.29, 1.82) is 0 Å². The third kappa shape index (κ3) is 3.42. The maximum atomic E-state index is 10.7. The fourth-order valence-electron chi connectivity index (χ4n) is 1.75. The van der Waals surface area contributed by atoms with Crippen molar-refractivity contribution in [2.75, 3.05) is 12.4 Å². The SMILES string of the molecule is COc1ccc(CNc2ccc(C(=O)O)cc2)cc1Cl. The molecule has 104 valence electrons. The molecule has 20 heavy (non-hydrogen) atoms. The lowest BCUT2D eigenvalue weighted by Crippen LogP contribution is -2.01. The number of anilines is 1. The molecule has 0 spiro atoms. The number of methoxy groups -OCH3 is 1. The van der Waals surface area contributed by atoms with Gasteiger partial charge in [-0.25, -0.2) is 4.79 Å². The second-order valence-corrected chi connectivity index (χ2v) is 4.61. The minimum Gasteiger partial charge on any atom is -0.495 e. The van der Waals surface area contributed by atoms with Gasteiger partial charge in [-0.2, -0.15) is 0 Å². The zero-order valence-corrected chi connectivity index (χ0v) is 11.6. The lowest BCUT2D eigenvalue weighted by atomic mass is 10.2. The van der Waals surface area contributed by atoms with E-state index in [-0.39, 0.29) is 5.56 Å². The number of rotatable bonds is 5. The molecule has 0 saturated heterocycles. The summed E-state index contributed by atoms with van der Waals surface area (Å²) in [6.07, 6.45) is 0. The van der Waals surface area contributed by atoms with E-state index in [4.69, 9.17) is 21.4 Å². The van der Waals surface area contributed by atoms with Gasteiger partial charge in [-0.05, 0) is 42.0 Å². The summed E-state index contributed by atoms with van der Waals surface area (Å²) in [6.45, 7) is 0.593. The molecule has 0 aromatic heterocycles. The van der Waals surface area contributed by atoms with Gasteiger partial charge in [-0.3, -0.25) is 0 Å². The van der Waals surface area contributed by atoms with Gasteiger partial charge in [0.2, 0.25) is 0 Å². The Kier molecular flexibility index (Phi) is 4.48. The Bertz CT molecular complexity index is 611. The van der Waals surface area contributed by atoms with Crippen molar-refractivity contribution in [1.82, 2.24) is 0 Å². The summed E-state index contributed by atoms with van der Waals surface area (Å²) < 4.78 is 5.09. The number of carboxylic acid groups (broad SMARTS) is 1. The van der Waals surface area contributed by atoms with Crippen LogP contribution in [0.4, 0.5) is 5.69 Å². The summed E-state index contributed by atoms with van der Waals surface area (Å²) in [5, 5.41) is 12.6. The number of hydrogen-bond donors (Lipinski definition) is 2. The van der Waals surface area contributed by atoms with E-state index in [1.807, 2.05) is 18.2 Å². The van der Waals surface area contributed by atoms with Crippen molar-refractivity contribution >= 4 is 23.3 Å². The van der Waals surface area contributed by atoms with E-state index in [0.717, 1.165) is 11.3 Å². The highest BCUT2D eigenvalue weighted by Gasteiger charge is 2.03. The van der Waals surface area contributed by atoms with Gasteiger partial charge in [0.15, 0.2) is 0 Å². The zero-order chi connectivity index (χ0) is 14.5. The molecule has 0 unspecified atom stereocenters. The standard InChI is InChI=1S/C15H14ClNO3/c1-20-14-7-2-10(8-13(14)16)9-17-12-5-3-11(4-6-12)15(18)19/h2-8,17H,9H2,1H3,(H,18,19). The average Bonchev–Trinajstić information content (AvgIpc) is 2.45. The number of hydrogen-bond acceptors (Lipinski definition) is 3. The molecule has 0 fully saturated rings. The molecule has 0 heterocycles. The number of carbonyl (C=O) groups is 1. The topological polar surface area (TPSA) is 58.6 Å². The third-order valence-electron chi connectivity index (χ3n) is 2.84. The van der Waals surface area contributed by atoms with Crippen LogP contribution in [0.5, 0.6) is 5.75 Å².